The molecule has 2 aromatic heterocycles. The first kappa shape index (κ1) is 32.7. The molecule has 0 amide bonds. The number of unbranched alkanes of at least 4 members (excludes halogenated alkanes) is 8. The Morgan fingerprint density at radius 1 is 0.956 bits per heavy atom. The van der Waals surface area contributed by atoms with Gasteiger partial charge in [0.05, 0.1) is 24.5 Å². The molecule has 0 aliphatic carbocycles. The Balaban J connectivity index is 1.36. The zero-order chi connectivity index (χ0) is 31.9. The molecule has 1 aliphatic rings. The van der Waals surface area contributed by atoms with E-state index < -0.39 is 6.43 Å². The lowest BCUT2D eigenvalue weighted by Gasteiger charge is -2.34. The van der Waals surface area contributed by atoms with Gasteiger partial charge in [-0.2, -0.15) is 5.10 Å². The molecule has 0 bridgehead atoms. The van der Waals surface area contributed by atoms with E-state index in [-0.39, 0.29) is 11.1 Å². The number of benzene rings is 2. The first-order valence-corrected chi connectivity index (χ1v) is 16.5. The zero-order valence-corrected chi connectivity index (χ0v) is 27.0. The second kappa shape index (κ2) is 15.0. The molecule has 0 unspecified atom stereocenters. The second-order valence-electron chi connectivity index (χ2n) is 12.4. The molecule has 242 valence electrons. The summed E-state index contributed by atoms with van der Waals surface area (Å²) in [5, 5.41) is 5.41. The molecule has 45 heavy (non-hydrogen) atoms. The van der Waals surface area contributed by atoms with Crippen molar-refractivity contribution < 1.29 is 13.5 Å². The van der Waals surface area contributed by atoms with Crippen molar-refractivity contribution in [1.29, 1.82) is 0 Å². The van der Waals surface area contributed by atoms with Crippen molar-refractivity contribution in [2.24, 2.45) is 12.8 Å². The highest BCUT2D eigenvalue weighted by Gasteiger charge is 2.26. The van der Waals surface area contributed by atoms with Crippen LogP contribution in [0.4, 0.5) is 20.2 Å². The van der Waals surface area contributed by atoms with Crippen LogP contribution in [0.2, 0.25) is 0 Å². The minimum Gasteiger partial charge on any atom is -0.497 e. The molecule has 0 radical (unpaired) electrons. The van der Waals surface area contributed by atoms with Crippen molar-refractivity contribution >= 4 is 22.3 Å². The average molecular weight is 620 g/mol. The number of halogens is 2. The number of nitrogens with two attached hydrogens (primary N) is 1. The molecule has 9 heteroatoms. The summed E-state index contributed by atoms with van der Waals surface area (Å²) < 4.78 is 38.5. The first-order chi connectivity index (χ1) is 21.8. The van der Waals surface area contributed by atoms with Gasteiger partial charge in [0.1, 0.15) is 5.75 Å². The highest BCUT2D eigenvalue weighted by atomic mass is 19.3. The van der Waals surface area contributed by atoms with Crippen LogP contribution in [0, 0.1) is 6.92 Å². The van der Waals surface area contributed by atoms with Crippen molar-refractivity contribution in [3.05, 3.63) is 69.8 Å². The van der Waals surface area contributed by atoms with Gasteiger partial charge in [-0.1, -0.05) is 44.9 Å². The van der Waals surface area contributed by atoms with Crippen LogP contribution in [-0.4, -0.2) is 34.5 Å². The molecule has 1 aliphatic heterocycles. The topological polar surface area (TPSA) is 78.3 Å². The molecular weight excluding hydrogens is 572 g/mol. The molecule has 0 fully saturated rings. The molecule has 4 aromatic rings. The van der Waals surface area contributed by atoms with E-state index in [9.17, 15) is 13.6 Å². The molecule has 3 heterocycles. The van der Waals surface area contributed by atoms with Crippen LogP contribution < -0.4 is 20.9 Å². The predicted octanol–water partition coefficient (Wildman–Crippen LogP) is 8.21. The van der Waals surface area contributed by atoms with Gasteiger partial charge in [0.15, 0.2) is 0 Å². The lowest BCUT2D eigenvalue weighted by Crippen LogP contribution is -2.26. The van der Waals surface area contributed by atoms with Crippen LogP contribution in [0.25, 0.3) is 22.0 Å². The fraction of sp³-hybridized carbons (Fsp3) is 0.500. The van der Waals surface area contributed by atoms with Crippen LogP contribution >= 0.6 is 0 Å². The number of nitrogens with zero attached hydrogens (tertiary/aromatic N) is 4. The normalized spacial score (nSPS) is 13.2. The van der Waals surface area contributed by atoms with Crippen molar-refractivity contribution in [2.75, 3.05) is 25.1 Å². The van der Waals surface area contributed by atoms with Crippen LogP contribution in [0.5, 0.6) is 5.75 Å². The summed E-state index contributed by atoms with van der Waals surface area (Å²) in [4.78, 5) is 14.8. The minimum atomic E-state index is -2.64. The van der Waals surface area contributed by atoms with Crippen LogP contribution in [0.3, 0.4) is 0 Å². The van der Waals surface area contributed by atoms with E-state index in [2.05, 4.69) is 10.00 Å². The number of alkyl halides is 2. The van der Waals surface area contributed by atoms with Crippen molar-refractivity contribution in [2.45, 2.75) is 90.5 Å². The van der Waals surface area contributed by atoms with Gasteiger partial charge in [-0.05, 0) is 68.5 Å². The monoisotopic (exact) mass is 619 g/mol. The Hall–Kier alpha value is -3.72. The number of aromatic nitrogens is 3. The standard InChI is InChI=1S/C36H47F2N5O2/c1-25-18-31-33(41(2)36(25)44)20-28(45-3)21-34(31)43-17-13-14-26-19-29(30(35(37)38)22-32(26)43)27-23-40-42(24-27)16-12-10-8-6-4-5-7-9-11-15-39/h18-24,35H,4-17,39H2,1-3H3. The molecule has 0 atom stereocenters. The number of fused-ring (bicyclic) bond motifs is 2. The lowest BCUT2D eigenvalue weighted by atomic mass is 9.92. The van der Waals surface area contributed by atoms with E-state index in [4.69, 9.17) is 10.5 Å². The maximum absolute atomic E-state index is 14.7. The molecule has 0 spiro atoms. The van der Waals surface area contributed by atoms with E-state index in [0.717, 1.165) is 78.6 Å². The SMILES string of the molecule is COc1cc(N2CCCc3cc(-c4cnn(CCCCCCCCCCCN)c4)c(C(F)F)cc32)c2cc(C)c(=O)n(C)c2c1. The van der Waals surface area contributed by atoms with Crippen LogP contribution in [0.1, 0.15) is 87.3 Å². The Bertz CT molecular complexity index is 1660. The van der Waals surface area contributed by atoms with E-state index in [1.165, 1.54) is 38.5 Å². The van der Waals surface area contributed by atoms with Gasteiger partial charge in [-0.3, -0.25) is 9.48 Å². The predicted molar refractivity (Wildman–Crippen MR) is 179 cm³/mol. The van der Waals surface area contributed by atoms with Gasteiger partial charge in [0, 0.05) is 66.2 Å². The summed E-state index contributed by atoms with van der Waals surface area (Å²) in [7, 11) is 3.34. The number of aryl methyl sites for hydroxylation is 4. The highest BCUT2D eigenvalue weighted by molar-refractivity contribution is 5.96. The summed E-state index contributed by atoms with van der Waals surface area (Å²) in [6, 6.07) is 9.26. The van der Waals surface area contributed by atoms with Gasteiger partial charge in [0.2, 0.25) is 0 Å². The molecular formula is C36H47F2N5O2. The van der Waals surface area contributed by atoms with E-state index >= 15 is 0 Å². The summed E-state index contributed by atoms with van der Waals surface area (Å²) >= 11 is 0. The average Bonchev–Trinajstić information content (AvgIpc) is 3.52. The Kier molecular flexibility index (Phi) is 10.9. The summed E-state index contributed by atoms with van der Waals surface area (Å²) in [5.74, 6) is 0.611. The largest absolute Gasteiger partial charge is 0.497 e. The molecule has 0 saturated carbocycles. The second-order valence-corrected chi connectivity index (χ2v) is 12.4. The quantitative estimate of drug-likeness (QED) is 0.136. The first-order valence-electron chi connectivity index (χ1n) is 16.5. The van der Waals surface area contributed by atoms with Gasteiger partial charge >= 0.3 is 0 Å². The molecule has 2 aromatic carbocycles. The fourth-order valence-corrected chi connectivity index (χ4v) is 6.63. The number of hydrogen-bond acceptors (Lipinski definition) is 5. The number of pyridine rings is 1. The highest BCUT2D eigenvalue weighted by Crippen LogP contribution is 2.44. The molecule has 7 nitrogen and oxygen atoms in total. The maximum atomic E-state index is 14.7. The summed E-state index contributed by atoms with van der Waals surface area (Å²) in [6.07, 6.45) is 13.5. The third kappa shape index (κ3) is 7.40. The Morgan fingerprint density at radius 2 is 1.67 bits per heavy atom. The fourth-order valence-electron chi connectivity index (χ4n) is 6.63. The maximum Gasteiger partial charge on any atom is 0.264 e. The number of anilines is 2. The number of ether oxygens (including phenoxy) is 1. The molecule has 5 rings (SSSR count). The third-order valence-electron chi connectivity index (χ3n) is 9.14. The van der Waals surface area contributed by atoms with E-state index in [1.54, 1.807) is 37.9 Å². The zero-order valence-electron chi connectivity index (χ0n) is 27.0. The third-order valence-corrected chi connectivity index (χ3v) is 9.14. The van der Waals surface area contributed by atoms with Gasteiger partial charge in [-0.15, -0.1) is 0 Å². The van der Waals surface area contributed by atoms with E-state index in [1.807, 2.05) is 35.1 Å². The molecule has 2 N–H and O–H groups in total. The number of hydrogen-bond donors (Lipinski definition) is 1. The Morgan fingerprint density at radius 3 is 2.36 bits per heavy atom. The lowest BCUT2D eigenvalue weighted by molar-refractivity contribution is 0.152. The van der Waals surface area contributed by atoms with Gasteiger partial charge in [-0.25, -0.2) is 8.78 Å². The van der Waals surface area contributed by atoms with Crippen LogP contribution in [0.15, 0.2) is 47.5 Å². The number of rotatable bonds is 15. The molecule has 0 saturated heterocycles. The summed E-state index contributed by atoms with van der Waals surface area (Å²) in [5.41, 5.74) is 10.8. The van der Waals surface area contributed by atoms with E-state index in [0.29, 0.717) is 23.4 Å². The van der Waals surface area contributed by atoms with Gasteiger partial charge in [0.25, 0.3) is 12.0 Å². The Labute approximate surface area is 265 Å². The van der Waals surface area contributed by atoms with Gasteiger partial charge < -0.3 is 19.9 Å². The summed E-state index contributed by atoms with van der Waals surface area (Å²) in [6.45, 7) is 4.04. The van der Waals surface area contributed by atoms with Crippen molar-refractivity contribution in [1.82, 2.24) is 14.3 Å². The minimum absolute atomic E-state index is 0.00226. The van der Waals surface area contributed by atoms with Crippen molar-refractivity contribution in [3.63, 3.8) is 0 Å². The number of methoxy groups -OCH3 is 1. The van der Waals surface area contributed by atoms with Crippen molar-refractivity contribution in [3.8, 4) is 16.9 Å². The van der Waals surface area contributed by atoms with Crippen LogP contribution in [-0.2, 0) is 20.0 Å². The smallest absolute Gasteiger partial charge is 0.264 e.